The van der Waals surface area contributed by atoms with Crippen LogP contribution in [-0.4, -0.2) is 35.8 Å². The summed E-state index contributed by atoms with van der Waals surface area (Å²) >= 11 is 0. The summed E-state index contributed by atoms with van der Waals surface area (Å²) in [5.41, 5.74) is 2.47. The number of aromatic hydroxyl groups is 1. The number of Topliss-reactive ketones (excluding diaryl/α,β-unsaturated/α-hetero) is 1. The molecule has 0 saturated carbocycles. The molecule has 158 valence electrons. The van der Waals surface area contributed by atoms with Crippen molar-refractivity contribution in [3.8, 4) is 5.75 Å². The number of amides is 1. The Morgan fingerprint density at radius 2 is 1.87 bits per heavy atom. The highest BCUT2D eigenvalue weighted by molar-refractivity contribution is 6.09. The van der Waals surface area contributed by atoms with E-state index in [9.17, 15) is 19.1 Å². The Kier molecular flexibility index (Phi) is 6.40. The van der Waals surface area contributed by atoms with Crippen molar-refractivity contribution in [2.24, 2.45) is 5.92 Å². The van der Waals surface area contributed by atoms with Gasteiger partial charge in [-0.3, -0.25) is 9.59 Å². The Morgan fingerprint density at radius 1 is 1.17 bits per heavy atom. The van der Waals surface area contributed by atoms with Crippen LogP contribution in [0.2, 0.25) is 0 Å². The summed E-state index contributed by atoms with van der Waals surface area (Å²) in [7, 11) is 3.21. The van der Waals surface area contributed by atoms with Gasteiger partial charge in [-0.2, -0.15) is 0 Å². The van der Waals surface area contributed by atoms with E-state index in [0.717, 1.165) is 17.7 Å². The highest BCUT2D eigenvalue weighted by Gasteiger charge is 2.39. The van der Waals surface area contributed by atoms with Gasteiger partial charge in [0.25, 0.3) is 5.91 Å². The number of nitrogens with one attached hydrogen (secondary N) is 2. The summed E-state index contributed by atoms with van der Waals surface area (Å²) in [6.07, 6.45) is 1.56. The van der Waals surface area contributed by atoms with Crippen molar-refractivity contribution in [1.82, 2.24) is 10.2 Å². The first-order chi connectivity index (χ1) is 14.3. The number of allylic oxidation sites excluding steroid dienone is 2. The number of carbonyl (C=O) groups excluding carboxylic acids is 2. The number of phenols is 1. The van der Waals surface area contributed by atoms with Crippen molar-refractivity contribution in [1.29, 1.82) is 0 Å². The molecule has 3 rings (SSSR count). The average molecular weight is 411 g/mol. The van der Waals surface area contributed by atoms with Crippen LogP contribution in [0.3, 0.4) is 0 Å². The van der Waals surface area contributed by atoms with Crippen molar-refractivity contribution in [2.75, 3.05) is 19.4 Å². The van der Waals surface area contributed by atoms with E-state index < -0.39 is 0 Å². The van der Waals surface area contributed by atoms with Crippen molar-refractivity contribution in [3.63, 3.8) is 0 Å². The maximum absolute atomic E-state index is 13.1. The van der Waals surface area contributed by atoms with E-state index in [1.807, 2.05) is 6.92 Å². The van der Waals surface area contributed by atoms with Crippen LogP contribution >= 0.6 is 0 Å². The number of nitrogens with zero attached hydrogens (tertiary/aromatic N) is 1. The van der Waals surface area contributed by atoms with Gasteiger partial charge < -0.3 is 20.6 Å². The van der Waals surface area contributed by atoms with Crippen LogP contribution in [0.4, 0.5) is 10.1 Å². The molecule has 6 nitrogen and oxygen atoms in total. The fraction of sp³-hybridized carbons (Fsp3) is 0.304. The molecular formula is C23H26FN3O3. The van der Waals surface area contributed by atoms with Gasteiger partial charge in [0.1, 0.15) is 11.5 Å². The third kappa shape index (κ3) is 4.30. The number of halogens is 1. The smallest absolute Gasteiger partial charge is 0.257 e. The zero-order valence-electron chi connectivity index (χ0n) is 17.3. The largest absolute Gasteiger partial charge is 0.505 e. The Bertz CT molecular complexity index is 984. The topological polar surface area (TPSA) is 81.7 Å². The number of benzene rings is 2. The van der Waals surface area contributed by atoms with Crippen LogP contribution in [0.1, 0.15) is 35.7 Å². The van der Waals surface area contributed by atoms with Crippen molar-refractivity contribution >= 4 is 17.4 Å². The second-order valence-electron chi connectivity index (χ2n) is 7.50. The number of anilines is 1. The molecule has 2 aromatic carbocycles. The molecule has 0 aliphatic heterocycles. The highest BCUT2D eigenvalue weighted by Crippen LogP contribution is 2.36. The fourth-order valence-corrected chi connectivity index (χ4v) is 3.43. The molecule has 1 atom stereocenters. The third-order valence-electron chi connectivity index (χ3n) is 5.09. The van der Waals surface area contributed by atoms with Crippen LogP contribution in [0, 0.1) is 11.7 Å². The van der Waals surface area contributed by atoms with Gasteiger partial charge >= 0.3 is 0 Å². The molecule has 3 N–H and O–H groups in total. The van der Waals surface area contributed by atoms with E-state index >= 15 is 0 Å². The maximum atomic E-state index is 13.1. The van der Waals surface area contributed by atoms with Gasteiger partial charge in [-0.15, -0.1) is 0 Å². The molecular weight excluding hydrogens is 385 g/mol. The van der Waals surface area contributed by atoms with Crippen molar-refractivity contribution < 1.29 is 19.1 Å². The molecule has 0 fully saturated rings. The molecule has 2 aromatic rings. The zero-order chi connectivity index (χ0) is 21.8. The minimum absolute atomic E-state index is 0.0396. The van der Waals surface area contributed by atoms with E-state index in [1.165, 1.54) is 23.1 Å². The molecule has 0 heterocycles. The summed E-state index contributed by atoms with van der Waals surface area (Å²) in [6.45, 7) is 2.46. The highest BCUT2D eigenvalue weighted by atomic mass is 19.1. The quantitative estimate of drug-likeness (QED) is 0.578. The Balaban J connectivity index is 1.85. The molecule has 1 unspecified atom stereocenters. The third-order valence-corrected chi connectivity index (χ3v) is 5.09. The Morgan fingerprint density at radius 3 is 2.50 bits per heavy atom. The number of hydrogen-bond donors (Lipinski definition) is 3. The number of para-hydroxylation sites is 1. The minimum atomic E-state index is -0.330. The van der Waals surface area contributed by atoms with Gasteiger partial charge in [0.15, 0.2) is 11.5 Å². The van der Waals surface area contributed by atoms with E-state index in [1.54, 1.807) is 38.4 Å². The predicted molar refractivity (Wildman–Crippen MR) is 113 cm³/mol. The first-order valence-electron chi connectivity index (χ1n) is 9.90. The van der Waals surface area contributed by atoms with E-state index in [2.05, 4.69) is 10.6 Å². The fourth-order valence-electron chi connectivity index (χ4n) is 3.43. The van der Waals surface area contributed by atoms with Crippen LogP contribution in [0.25, 0.3) is 0 Å². The number of rotatable bonds is 8. The normalized spacial score (nSPS) is 15.6. The van der Waals surface area contributed by atoms with Gasteiger partial charge in [0.2, 0.25) is 0 Å². The minimum Gasteiger partial charge on any atom is -0.505 e. The molecule has 0 aromatic heterocycles. The predicted octanol–water partition coefficient (Wildman–Crippen LogP) is 3.65. The first kappa shape index (κ1) is 21.4. The molecule has 1 aliphatic carbocycles. The lowest BCUT2D eigenvalue weighted by Crippen LogP contribution is -2.41. The number of carbonyl (C=O) groups is 2. The second kappa shape index (κ2) is 8.98. The summed E-state index contributed by atoms with van der Waals surface area (Å²) in [4.78, 5) is 26.3. The molecule has 1 amide bonds. The number of phenolic OH excluding ortho intramolecular Hbond substituents is 1. The van der Waals surface area contributed by atoms with E-state index in [4.69, 9.17) is 0 Å². The standard InChI is InChI=1S/C23H26FN3O3/c1-4-6-16-19(25-13-14-9-11-15(24)12-10-14)20(22(16)29)26-18-8-5-7-17(21(18)28)23(30)27(2)3/h5,7-12,16,25-26,28H,4,6,13H2,1-3H3. The molecule has 30 heavy (non-hydrogen) atoms. The van der Waals surface area contributed by atoms with Crippen molar-refractivity contribution in [3.05, 3.63) is 70.8 Å². The van der Waals surface area contributed by atoms with Gasteiger partial charge in [0.05, 0.1) is 17.2 Å². The lowest BCUT2D eigenvalue weighted by atomic mass is 9.81. The van der Waals surface area contributed by atoms with Crippen molar-refractivity contribution in [2.45, 2.75) is 26.3 Å². The molecule has 0 spiro atoms. The van der Waals surface area contributed by atoms with Gasteiger partial charge in [0, 0.05) is 26.3 Å². The van der Waals surface area contributed by atoms with Crippen LogP contribution < -0.4 is 10.6 Å². The molecule has 7 heteroatoms. The van der Waals surface area contributed by atoms with E-state index in [-0.39, 0.29) is 34.7 Å². The maximum Gasteiger partial charge on any atom is 0.257 e. The van der Waals surface area contributed by atoms with Gasteiger partial charge in [-0.25, -0.2) is 4.39 Å². The average Bonchev–Trinajstić information content (AvgIpc) is 2.73. The summed E-state index contributed by atoms with van der Waals surface area (Å²) in [5, 5.41) is 16.8. The van der Waals surface area contributed by atoms with Crippen LogP contribution in [0.5, 0.6) is 5.75 Å². The summed E-state index contributed by atoms with van der Waals surface area (Å²) in [5.74, 6) is -1.11. The molecule has 0 bridgehead atoms. The monoisotopic (exact) mass is 411 g/mol. The number of ketones is 1. The Labute approximate surface area is 175 Å². The van der Waals surface area contributed by atoms with Crippen LogP contribution in [0.15, 0.2) is 53.9 Å². The second-order valence-corrected chi connectivity index (χ2v) is 7.50. The summed E-state index contributed by atoms with van der Waals surface area (Å²) < 4.78 is 13.1. The molecule has 1 aliphatic rings. The first-order valence-corrected chi connectivity index (χ1v) is 9.90. The van der Waals surface area contributed by atoms with Crippen LogP contribution in [-0.2, 0) is 11.3 Å². The van der Waals surface area contributed by atoms with Gasteiger partial charge in [-0.05, 0) is 36.2 Å². The van der Waals surface area contributed by atoms with Gasteiger partial charge in [-0.1, -0.05) is 31.5 Å². The molecule has 0 radical (unpaired) electrons. The molecule has 0 saturated heterocycles. The Hall–Kier alpha value is -3.35. The zero-order valence-corrected chi connectivity index (χ0v) is 17.3. The lowest BCUT2D eigenvalue weighted by Gasteiger charge is -2.33. The number of hydrogen-bond acceptors (Lipinski definition) is 5. The summed E-state index contributed by atoms with van der Waals surface area (Å²) in [6, 6.07) is 11.0. The SMILES string of the molecule is CCCC1C(=O)C(Nc2cccc(C(=O)N(C)C)c2O)=C1NCc1ccc(F)cc1. The lowest BCUT2D eigenvalue weighted by molar-refractivity contribution is -0.120. The van der Waals surface area contributed by atoms with E-state index in [0.29, 0.717) is 24.4 Å².